The molecule has 3 aromatic rings. The molecule has 1 aliphatic carbocycles. The smallest absolute Gasteiger partial charge is 0.329 e. The highest BCUT2D eigenvalue weighted by atomic mass is 19.1. The average Bonchev–Trinajstić information content (AvgIpc) is 2.95. The number of amides is 1. The molecule has 2 aromatic heterocycles. The topological polar surface area (TPSA) is 134 Å². The predicted molar refractivity (Wildman–Crippen MR) is 146 cm³/mol. The Labute approximate surface area is 230 Å². The maximum Gasteiger partial charge on any atom is 0.329 e. The van der Waals surface area contributed by atoms with Crippen molar-refractivity contribution in [1.82, 2.24) is 19.8 Å². The van der Waals surface area contributed by atoms with Crippen LogP contribution in [-0.4, -0.2) is 74.9 Å². The van der Waals surface area contributed by atoms with Gasteiger partial charge < -0.3 is 20.3 Å². The molecule has 3 heterocycles. The highest BCUT2D eigenvalue weighted by Gasteiger charge is 2.43. The van der Waals surface area contributed by atoms with Crippen LogP contribution >= 0.6 is 0 Å². The van der Waals surface area contributed by atoms with Gasteiger partial charge in [0.1, 0.15) is 28.3 Å². The molecule has 3 N–H and O–H groups in total. The first-order valence-electron chi connectivity index (χ1n) is 13.6. The summed E-state index contributed by atoms with van der Waals surface area (Å²) < 4.78 is 20.3. The van der Waals surface area contributed by atoms with Crippen LogP contribution in [0.2, 0.25) is 0 Å². The van der Waals surface area contributed by atoms with E-state index in [-0.39, 0.29) is 30.4 Å². The van der Waals surface area contributed by atoms with Crippen LogP contribution in [0.3, 0.4) is 0 Å². The molecule has 1 saturated heterocycles. The standard InChI is InChI=1S/C29H33FN4O6/c1-18-6-8-29(9-7-18,28(38)39)32-26(36)23-24(35)22-16-20(19-2-4-21(30)5-3-19)17-31-25(22)34(27(23)37)11-10-33-12-14-40-15-13-33/h2-5,16-18,35H,6-15H2,1H3,(H,32,36)(H,38,39)/t18-,29+. The van der Waals surface area contributed by atoms with E-state index in [0.29, 0.717) is 62.7 Å². The maximum absolute atomic E-state index is 13.7. The predicted octanol–water partition coefficient (Wildman–Crippen LogP) is 3.00. The summed E-state index contributed by atoms with van der Waals surface area (Å²) in [5, 5.41) is 24.1. The molecule has 1 saturated carbocycles. The number of carbonyl (C=O) groups excluding carboxylic acids is 1. The van der Waals surface area contributed by atoms with Gasteiger partial charge >= 0.3 is 5.97 Å². The Morgan fingerprint density at radius 3 is 2.45 bits per heavy atom. The number of carboxylic acids is 1. The Bertz CT molecular complexity index is 1470. The molecule has 0 bridgehead atoms. The normalized spacial score (nSPS) is 21.8. The molecule has 5 rings (SSSR count). The first-order valence-corrected chi connectivity index (χ1v) is 13.6. The summed E-state index contributed by atoms with van der Waals surface area (Å²) in [6.07, 6.45) is 3.22. The van der Waals surface area contributed by atoms with Crippen molar-refractivity contribution in [3.8, 4) is 16.9 Å². The van der Waals surface area contributed by atoms with Gasteiger partial charge in [-0.2, -0.15) is 0 Å². The van der Waals surface area contributed by atoms with Crippen molar-refractivity contribution in [2.24, 2.45) is 5.92 Å². The highest BCUT2D eigenvalue weighted by Crippen LogP contribution is 2.34. The van der Waals surface area contributed by atoms with Crippen molar-refractivity contribution in [3.63, 3.8) is 0 Å². The molecule has 1 aromatic carbocycles. The van der Waals surface area contributed by atoms with Crippen molar-refractivity contribution in [1.29, 1.82) is 0 Å². The number of rotatable bonds is 7. The third kappa shape index (κ3) is 5.44. The summed E-state index contributed by atoms with van der Waals surface area (Å²) in [6, 6.07) is 7.34. The fourth-order valence-corrected chi connectivity index (χ4v) is 5.52. The number of aliphatic carboxylic acids is 1. The van der Waals surface area contributed by atoms with Crippen LogP contribution in [0.15, 0.2) is 41.3 Å². The number of carboxylic acid groups (broad SMARTS) is 1. The van der Waals surface area contributed by atoms with Gasteiger partial charge in [-0.1, -0.05) is 19.1 Å². The molecule has 1 amide bonds. The number of benzene rings is 1. The Morgan fingerprint density at radius 1 is 1.12 bits per heavy atom. The van der Waals surface area contributed by atoms with Crippen LogP contribution < -0.4 is 10.9 Å². The molecular formula is C29H33FN4O6. The lowest BCUT2D eigenvalue weighted by molar-refractivity contribution is -0.146. The first kappa shape index (κ1) is 27.7. The monoisotopic (exact) mass is 552 g/mol. The highest BCUT2D eigenvalue weighted by molar-refractivity contribution is 6.04. The molecule has 212 valence electrons. The van der Waals surface area contributed by atoms with Gasteiger partial charge in [0, 0.05) is 37.9 Å². The molecule has 40 heavy (non-hydrogen) atoms. The lowest BCUT2D eigenvalue weighted by Crippen LogP contribution is -2.57. The van der Waals surface area contributed by atoms with Crippen LogP contribution in [0.1, 0.15) is 43.0 Å². The zero-order valence-electron chi connectivity index (χ0n) is 22.4. The Kier molecular flexibility index (Phi) is 7.86. The summed E-state index contributed by atoms with van der Waals surface area (Å²) in [7, 11) is 0. The van der Waals surface area contributed by atoms with E-state index in [1.54, 1.807) is 18.2 Å². The van der Waals surface area contributed by atoms with E-state index in [4.69, 9.17) is 4.74 Å². The molecule has 10 nitrogen and oxygen atoms in total. The Hall–Kier alpha value is -3.83. The van der Waals surface area contributed by atoms with Crippen molar-refractivity contribution in [3.05, 3.63) is 58.3 Å². The van der Waals surface area contributed by atoms with E-state index in [0.717, 1.165) is 0 Å². The summed E-state index contributed by atoms with van der Waals surface area (Å²) in [5.74, 6) is -2.75. The number of aromatic hydroxyl groups is 1. The van der Waals surface area contributed by atoms with Crippen LogP contribution in [0.25, 0.3) is 22.2 Å². The molecule has 0 spiro atoms. The molecule has 2 fully saturated rings. The number of hydrogen-bond donors (Lipinski definition) is 3. The molecular weight excluding hydrogens is 519 g/mol. The van der Waals surface area contributed by atoms with Gasteiger partial charge in [-0.3, -0.25) is 19.1 Å². The van der Waals surface area contributed by atoms with Gasteiger partial charge in [-0.25, -0.2) is 14.2 Å². The van der Waals surface area contributed by atoms with E-state index in [2.05, 4.69) is 15.2 Å². The zero-order chi connectivity index (χ0) is 28.4. The summed E-state index contributed by atoms with van der Waals surface area (Å²) >= 11 is 0. The van der Waals surface area contributed by atoms with Crippen LogP contribution in [0.5, 0.6) is 5.75 Å². The second kappa shape index (κ2) is 11.3. The Balaban J connectivity index is 1.59. The number of nitrogens with zero attached hydrogens (tertiary/aromatic N) is 3. The molecule has 0 radical (unpaired) electrons. The molecule has 0 atom stereocenters. The van der Waals surface area contributed by atoms with Crippen molar-refractivity contribution < 1.29 is 28.9 Å². The summed E-state index contributed by atoms with van der Waals surface area (Å²) in [6.45, 7) is 5.26. The second-order valence-electron chi connectivity index (χ2n) is 10.8. The zero-order valence-corrected chi connectivity index (χ0v) is 22.4. The number of fused-ring (bicyclic) bond motifs is 1. The van der Waals surface area contributed by atoms with Gasteiger partial charge in [-0.15, -0.1) is 0 Å². The maximum atomic E-state index is 13.7. The summed E-state index contributed by atoms with van der Waals surface area (Å²) in [5.41, 5.74) is -1.42. The van der Waals surface area contributed by atoms with Crippen molar-refractivity contribution in [2.75, 3.05) is 32.8 Å². The third-order valence-corrected chi connectivity index (χ3v) is 8.11. The van der Waals surface area contributed by atoms with E-state index in [1.807, 2.05) is 6.92 Å². The Morgan fingerprint density at radius 2 is 1.80 bits per heavy atom. The largest absolute Gasteiger partial charge is 0.506 e. The van der Waals surface area contributed by atoms with E-state index < -0.39 is 40.1 Å². The lowest BCUT2D eigenvalue weighted by Gasteiger charge is -2.36. The van der Waals surface area contributed by atoms with Crippen molar-refractivity contribution in [2.45, 2.75) is 44.7 Å². The average molecular weight is 553 g/mol. The van der Waals surface area contributed by atoms with Crippen LogP contribution in [0.4, 0.5) is 4.39 Å². The number of ether oxygens (including phenoxy) is 1. The van der Waals surface area contributed by atoms with Gasteiger partial charge in [0.2, 0.25) is 0 Å². The second-order valence-corrected chi connectivity index (χ2v) is 10.8. The quantitative estimate of drug-likeness (QED) is 0.407. The number of morpholine rings is 1. The summed E-state index contributed by atoms with van der Waals surface area (Å²) in [4.78, 5) is 46.2. The fraction of sp³-hybridized carbons (Fsp3) is 0.448. The van der Waals surface area contributed by atoms with Gasteiger partial charge in [0.15, 0.2) is 0 Å². The van der Waals surface area contributed by atoms with Gasteiger partial charge in [-0.05, 0) is 55.4 Å². The lowest BCUT2D eigenvalue weighted by atomic mass is 9.77. The number of carbonyl (C=O) groups is 2. The number of pyridine rings is 2. The molecule has 1 aliphatic heterocycles. The van der Waals surface area contributed by atoms with E-state index in [1.165, 1.54) is 22.9 Å². The van der Waals surface area contributed by atoms with Crippen LogP contribution in [-0.2, 0) is 16.1 Å². The van der Waals surface area contributed by atoms with E-state index >= 15 is 0 Å². The minimum absolute atomic E-state index is 0.162. The SMILES string of the molecule is C[C@H]1CC[C@](NC(=O)c2c(O)c3cc(-c4ccc(F)cc4)cnc3n(CCN3CCOCC3)c2=O)(C(=O)O)CC1. The fourth-order valence-electron chi connectivity index (χ4n) is 5.52. The van der Waals surface area contributed by atoms with Crippen LogP contribution in [0, 0.1) is 11.7 Å². The van der Waals surface area contributed by atoms with Crippen molar-refractivity contribution >= 4 is 22.9 Å². The number of halogens is 1. The van der Waals surface area contributed by atoms with E-state index in [9.17, 15) is 29.0 Å². The number of aromatic nitrogens is 2. The van der Waals surface area contributed by atoms with Gasteiger partial charge in [0.05, 0.1) is 18.6 Å². The molecule has 0 unspecified atom stereocenters. The molecule has 2 aliphatic rings. The molecule has 11 heteroatoms. The first-order chi connectivity index (χ1) is 19.2. The third-order valence-electron chi connectivity index (χ3n) is 8.11. The van der Waals surface area contributed by atoms with Gasteiger partial charge in [0.25, 0.3) is 11.5 Å². The number of nitrogens with one attached hydrogen (secondary N) is 1. The minimum atomic E-state index is -1.52. The minimum Gasteiger partial charge on any atom is -0.506 e. The number of hydrogen-bond acceptors (Lipinski definition) is 7.